The molecule has 0 aromatic heterocycles. The number of hydrogen-bond donors (Lipinski definition) is 0. The summed E-state index contributed by atoms with van der Waals surface area (Å²) < 4.78 is 22.0. The maximum Gasteiger partial charge on any atom is 0.185 e. The van der Waals surface area contributed by atoms with Gasteiger partial charge in [-0.3, -0.25) is 4.79 Å². The molecule has 0 amide bonds. The van der Waals surface area contributed by atoms with Crippen LogP contribution < -0.4 is 18.9 Å². The molecular formula is C22H20O5. The van der Waals surface area contributed by atoms with Gasteiger partial charge in [0, 0.05) is 5.56 Å². The molecule has 5 nitrogen and oxygen atoms in total. The highest BCUT2D eigenvalue weighted by atomic mass is 16.6. The standard InChI is InChI=1S/C22H20O5/c1-3-11-25-19-9-6-16(14-21(19)24-4-2)5-8-18(23)17-7-10-20-22(15-17)27-13-12-26-20/h1,5-10,14-15H,4,11-13H2,2H3. The van der Waals surface area contributed by atoms with Gasteiger partial charge in [0.2, 0.25) is 0 Å². The fourth-order valence-corrected chi connectivity index (χ4v) is 2.60. The molecule has 0 aliphatic carbocycles. The summed E-state index contributed by atoms with van der Waals surface area (Å²) in [5.74, 6) is 4.71. The summed E-state index contributed by atoms with van der Waals surface area (Å²) >= 11 is 0. The van der Waals surface area contributed by atoms with Gasteiger partial charge in [-0.15, -0.1) is 6.42 Å². The second kappa shape index (κ2) is 8.81. The highest BCUT2D eigenvalue weighted by molar-refractivity contribution is 6.07. The summed E-state index contributed by atoms with van der Waals surface area (Å²) in [6, 6.07) is 10.6. The van der Waals surface area contributed by atoms with Crippen molar-refractivity contribution in [3.8, 4) is 35.3 Å². The Morgan fingerprint density at radius 3 is 2.70 bits per heavy atom. The molecule has 1 heterocycles. The van der Waals surface area contributed by atoms with Gasteiger partial charge in [0.05, 0.1) is 6.61 Å². The van der Waals surface area contributed by atoms with Gasteiger partial charge >= 0.3 is 0 Å². The van der Waals surface area contributed by atoms with Crippen LogP contribution in [-0.2, 0) is 0 Å². The van der Waals surface area contributed by atoms with Crippen molar-refractivity contribution in [2.75, 3.05) is 26.4 Å². The third-order valence-corrected chi connectivity index (χ3v) is 3.83. The molecular weight excluding hydrogens is 344 g/mol. The smallest absolute Gasteiger partial charge is 0.185 e. The Morgan fingerprint density at radius 1 is 1.11 bits per heavy atom. The maximum atomic E-state index is 12.5. The minimum absolute atomic E-state index is 0.127. The van der Waals surface area contributed by atoms with Gasteiger partial charge in [-0.2, -0.15) is 0 Å². The second-order valence-corrected chi connectivity index (χ2v) is 5.69. The Labute approximate surface area is 158 Å². The highest BCUT2D eigenvalue weighted by Crippen LogP contribution is 2.31. The number of fused-ring (bicyclic) bond motifs is 1. The van der Waals surface area contributed by atoms with E-state index in [9.17, 15) is 4.79 Å². The van der Waals surface area contributed by atoms with Crippen LogP contribution in [0.4, 0.5) is 0 Å². The quantitative estimate of drug-likeness (QED) is 0.425. The van der Waals surface area contributed by atoms with Gasteiger partial charge in [0.25, 0.3) is 0 Å². The molecule has 138 valence electrons. The van der Waals surface area contributed by atoms with Crippen molar-refractivity contribution < 1.29 is 23.7 Å². The van der Waals surface area contributed by atoms with E-state index in [-0.39, 0.29) is 12.4 Å². The molecule has 0 radical (unpaired) electrons. The van der Waals surface area contributed by atoms with E-state index >= 15 is 0 Å². The van der Waals surface area contributed by atoms with Gasteiger partial charge in [-0.05, 0) is 48.9 Å². The van der Waals surface area contributed by atoms with Gasteiger partial charge in [0.15, 0.2) is 28.8 Å². The lowest BCUT2D eigenvalue weighted by Crippen LogP contribution is -2.15. The molecule has 3 rings (SSSR count). The van der Waals surface area contributed by atoms with Crippen LogP contribution in [0.1, 0.15) is 22.8 Å². The lowest BCUT2D eigenvalue weighted by Gasteiger charge is -2.18. The molecule has 0 bridgehead atoms. The predicted octanol–water partition coefficient (Wildman–Crippen LogP) is 3.76. The van der Waals surface area contributed by atoms with Crippen molar-refractivity contribution in [1.29, 1.82) is 0 Å². The SMILES string of the molecule is C#CCOc1ccc(C=CC(=O)c2ccc3c(c2)OCCO3)cc1OCC. The van der Waals surface area contributed by atoms with Crippen LogP contribution in [0, 0.1) is 12.3 Å². The molecule has 0 N–H and O–H groups in total. The first kappa shape index (κ1) is 18.4. The molecule has 27 heavy (non-hydrogen) atoms. The normalized spacial score (nSPS) is 12.4. The van der Waals surface area contributed by atoms with Crippen LogP contribution in [0.25, 0.3) is 6.08 Å². The number of terminal acetylenes is 1. The topological polar surface area (TPSA) is 54.0 Å². The van der Waals surface area contributed by atoms with E-state index in [0.717, 1.165) is 5.56 Å². The minimum Gasteiger partial charge on any atom is -0.490 e. The van der Waals surface area contributed by atoms with Crippen molar-refractivity contribution in [2.45, 2.75) is 6.92 Å². The van der Waals surface area contributed by atoms with Crippen molar-refractivity contribution >= 4 is 11.9 Å². The number of benzene rings is 2. The number of ether oxygens (including phenoxy) is 4. The lowest BCUT2D eigenvalue weighted by atomic mass is 10.1. The number of rotatable bonds is 7. The van der Waals surface area contributed by atoms with Crippen molar-refractivity contribution in [2.24, 2.45) is 0 Å². The van der Waals surface area contributed by atoms with Gasteiger partial charge in [-0.25, -0.2) is 0 Å². The first-order chi connectivity index (χ1) is 13.2. The van der Waals surface area contributed by atoms with Crippen molar-refractivity contribution in [3.05, 3.63) is 53.6 Å². The van der Waals surface area contributed by atoms with Crippen LogP contribution in [0.2, 0.25) is 0 Å². The zero-order chi connectivity index (χ0) is 19.1. The first-order valence-corrected chi connectivity index (χ1v) is 8.66. The summed E-state index contributed by atoms with van der Waals surface area (Å²) in [7, 11) is 0. The predicted molar refractivity (Wildman–Crippen MR) is 103 cm³/mol. The molecule has 0 spiro atoms. The Morgan fingerprint density at radius 2 is 1.93 bits per heavy atom. The van der Waals surface area contributed by atoms with Crippen LogP contribution >= 0.6 is 0 Å². The third kappa shape index (κ3) is 4.62. The molecule has 2 aromatic rings. The Balaban J connectivity index is 1.75. The molecule has 0 saturated heterocycles. The van der Waals surface area contributed by atoms with Crippen LogP contribution in [-0.4, -0.2) is 32.2 Å². The average molecular weight is 364 g/mol. The monoisotopic (exact) mass is 364 g/mol. The van der Waals surface area contributed by atoms with E-state index in [1.165, 1.54) is 6.08 Å². The zero-order valence-corrected chi connectivity index (χ0v) is 15.1. The molecule has 0 fully saturated rings. The van der Waals surface area contributed by atoms with E-state index in [4.69, 9.17) is 25.4 Å². The second-order valence-electron chi connectivity index (χ2n) is 5.69. The van der Waals surface area contributed by atoms with E-state index in [2.05, 4.69) is 5.92 Å². The minimum atomic E-state index is -0.127. The number of allylic oxidation sites excluding steroid dienone is 1. The molecule has 1 aliphatic heterocycles. The van der Waals surface area contributed by atoms with Crippen LogP contribution in [0.15, 0.2) is 42.5 Å². The summed E-state index contributed by atoms with van der Waals surface area (Å²) in [5, 5.41) is 0. The molecule has 0 saturated carbocycles. The molecule has 0 atom stereocenters. The summed E-state index contributed by atoms with van der Waals surface area (Å²) in [6.45, 7) is 3.55. The zero-order valence-electron chi connectivity index (χ0n) is 15.1. The molecule has 2 aromatic carbocycles. The number of ketones is 1. The lowest BCUT2D eigenvalue weighted by molar-refractivity contribution is 0.104. The number of carbonyl (C=O) groups is 1. The summed E-state index contributed by atoms with van der Waals surface area (Å²) in [4.78, 5) is 12.5. The van der Waals surface area contributed by atoms with E-state index in [0.29, 0.717) is 48.4 Å². The fraction of sp³-hybridized carbons (Fsp3) is 0.227. The molecule has 5 heteroatoms. The van der Waals surface area contributed by atoms with Crippen LogP contribution in [0.3, 0.4) is 0 Å². The van der Waals surface area contributed by atoms with Gasteiger partial charge in [0.1, 0.15) is 19.8 Å². The van der Waals surface area contributed by atoms with E-state index in [1.54, 1.807) is 30.3 Å². The van der Waals surface area contributed by atoms with Crippen LogP contribution in [0.5, 0.6) is 23.0 Å². The first-order valence-electron chi connectivity index (χ1n) is 8.66. The fourth-order valence-electron chi connectivity index (χ4n) is 2.60. The molecule has 1 aliphatic rings. The molecule has 0 unspecified atom stereocenters. The van der Waals surface area contributed by atoms with E-state index in [1.807, 2.05) is 19.1 Å². The van der Waals surface area contributed by atoms with E-state index < -0.39 is 0 Å². The Hall–Kier alpha value is -3.39. The summed E-state index contributed by atoms with van der Waals surface area (Å²) in [6.07, 6.45) is 8.47. The summed E-state index contributed by atoms with van der Waals surface area (Å²) in [5.41, 5.74) is 1.35. The number of carbonyl (C=O) groups excluding carboxylic acids is 1. The Kier molecular flexibility index (Phi) is 6.01. The van der Waals surface area contributed by atoms with Gasteiger partial charge in [-0.1, -0.05) is 18.1 Å². The van der Waals surface area contributed by atoms with Crippen molar-refractivity contribution in [3.63, 3.8) is 0 Å². The highest BCUT2D eigenvalue weighted by Gasteiger charge is 2.14. The third-order valence-electron chi connectivity index (χ3n) is 3.83. The maximum absolute atomic E-state index is 12.5. The number of hydrogen-bond acceptors (Lipinski definition) is 5. The average Bonchev–Trinajstić information content (AvgIpc) is 2.71. The Bertz CT molecular complexity index is 892. The van der Waals surface area contributed by atoms with Crippen molar-refractivity contribution in [1.82, 2.24) is 0 Å². The van der Waals surface area contributed by atoms with Gasteiger partial charge < -0.3 is 18.9 Å². The largest absolute Gasteiger partial charge is 0.490 e.